The molecule has 108 valence electrons. The van der Waals surface area contributed by atoms with Crippen LogP contribution >= 0.6 is 11.6 Å². The maximum Gasteiger partial charge on any atom is 0.326 e. The molecule has 1 aromatic rings. The average Bonchev–Trinajstić information content (AvgIpc) is 2.40. The van der Waals surface area contributed by atoms with E-state index in [2.05, 4.69) is 0 Å². The summed E-state index contributed by atoms with van der Waals surface area (Å²) in [5.74, 6) is -1.11. The summed E-state index contributed by atoms with van der Waals surface area (Å²) >= 11 is 6.05. The lowest BCUT2D eigenvalue weighted by atomic mass is 9.90. The summed E-state index contributed by atoms with van der Waals surface area (Å²) < 4.78 is 0. The number of carboxylic acid groups (broad SMARTS) is 1. The topological polar surface area (TPSA) is 57.6 Å². The molecule has 0 aliphatic carbocycles. The van der Waals surface area contributed by atoms with Gasteiger partial charge in [0.2, 0.25) is 5.91 Å². The van der Waals surface area contributed by atoms with Crippen LogP contribution in [0.1, 0.15) is 25.3 Å². The Balaban J connectivity index is 2.15. The summed E-state index contributed by atoms with van der Waals surface area (Å²) in [6, 6.07) is 6.43. The van der Waals surface area contributed by atoms with Gasteiger partial charge in [-0.1, -0.05) is 36.7 Å². The van der Waals surface area contributed by atoms with Crippen molar-refractivity contribution in [3.63, 3.8) is 0 Å². The van der Waals surface area contributed by atoms with Crippen molar-refractivity contribution >= 4 is 23.5 Å². The predicted octanol–water partition coefficient (Wildman–Crippen LogP) is 2.59. The predicted molar refractivity (Wildman–Crippen MR) is 76.7 cm³/mol. The van der Waals surface area contributed by atoms with Gasteiger partial charge in [-0.3, -0.25) is 4.79 Å². The quantitative estimate of drug-likeness (QED) is 0.932. The summed E-state index contributed by atoms with van der Waals surface area (Å²) in [6.45, 7) is 2.39. The molecule has 0 saturated carbocycles. The standard InChI is InChI=1S/C15H18ClNO3/c1-10-5-4-8-17(14(10)15(19)20)13(18)9-11-6-2-3-7-12(11)16/h2-3,6-7,10,14H,4-5,8-9H2,1H3,(H,19,20). The maximum atomic E-state index is 12.4. The lowest BCUT2D eigenvalue weighted by molar-refractivity contribution is -0.154. The third-order valence-electron chi connectivity index (χ3n) is 3.81. The fraction of sp³-hybridized carbons (Fsp3) is 0.467. The molecule has 2 unspecified atom stereocenters. The molecular weight excluding hydrogens is 278 g/mol. The SMILES string of the molecule is CC1CCCN(C(=O)Cc2ccccc2Cl)C1C(=O)O. The number of likely N-dealkylation sites (tertiary alicyclic amines) is 1. The van der Waals surface area contributed by atoms with E-state index < -0.39 is 12.0 Å². The third kappa shape index (κ3) is 3.12. The van der Waals surface area contributed by atoms with E-state index in [-0.39, 0.29) is 18.2 Å². The van der Waals surface area contributed by atoms with Crippen LogP contribution in [-0.4, -0.2) is 34.5 Å². The highest BCUT2D eigenvalue weighted by Crippen LogP contribution is 2.25. The molecule has 1 heterocycles. The number of halogens is 1. The lowest BCUT2D eigenvalue weighted by Gasteiger charge is -2.37. The molecule has 2 atom stereocenters. The molecule has 20 heavy (non-hydrogen) atoms. The van der Waals surface area contributed by atoms with Gasteiger partial charge in [0.05, 0.1) is 6.42 Å². The van der Waals surface area contributed by atoms with Crippen LogP contribution in [0.2, 0.25) is 5.02 Å². The lowest BCUT2D eigenvalue weighted by Crippen LogP contribution is -2.52. The molecule has 1 N–H and O–H groups in total. The molecular formula is C15H18ClNO3. The van der Waals surface area contributed by atoms with Crippen LogP contribution in [0.4, 0.5) is 0 Å². The van der Waals surface area contributed by atoms with Gasteiger partial charge >= 0.3 is 5.97 Å². The molecule has 1 amide bonds. The van der Waals surface area contributed by atoms with E-state index in [1.54, 1.807) is 18.2 Å². The Morgan fingerprint density at radius 2 is 2.10 bits per heavy atom. The monoisotopic (exact) mass is 295 g/mol. The molecule has 1 aliphatic rings. The second-order valence-electron chi connectivity index (χ2n) is 5.26. The van der Waals surface area contributed by atoms with Crippen LogP contribution in [0.15, 0.2) is 24.3 Å². The first-order chi connectivity index (χ1) is 9.50. The number of piperidine rings is 1. The Hall–Kier alpha value is -1.55. The number of amides is 1. The molecule has 5 heteroatoms. The largest absolute Gasteiger partial charge is 0.480 e. The number of nitrogens with zero attached hydrogens (tertiary/aromatic N) is 1. The van der Waals surface area contributed by atoms with E-state index in [0.717, 1.165) is 18.4 Å². The fourth-order valence-corrected chi connectivity index (χ4v) is 2.95. The fourth-order valence-electron chi connectivity index (χ4n) is 2.75. The second-order valence-corrected chi connectivity index (χ2v) is 5.67. The molecule has 0 aromatic heterocycles. The van der Waals surface area contributed by atoms with Gasteiger partial charge < -0.3 is 10.0 Å². The van der Waals surface area contributed by atoms with Crippen LogP contribution in [0.3, 0.4) is 0 Å². The minimum Gasteiger partial charge on any atom is -0.480 e. The Kier molecular flexibility index (Phi) is 4.65. The van der Waals surface area contributed by atoms with Gasteiger partial charge in [-0.05, 0) is 30.4 Å². The van der Waals surface area contributed by atoms with Gasteiger partial charge in [0.25, 0.3) is 0 Å². The second kappa shape index (κ2) is 6.27. The number of aliphatic carboxylic acids is 1. The molecule has 0 radical (unpaired) electrons. The van der Waals surface area contributed by atoms with Gasteiger partial charge in [0, 0.05) is 11.6 Å². The highest BCUT2D eigenvalue weighted by atomic mass is 35.5. The molecule has 1 saturated heterocycles. The number of benzene rings is 1. The Labute approximate surface area is 123 Å². The van der Waals surface area contributed by atoms with Gasteiger partial charge in [-0.15, -0.1) is 0 Å². The summed E-state index contributed by atoms with van der Waals surface area (Å²) in [6.07, 6.45) is 1.84. The Morgan fingerprint density at radius 3 is 2.75 bits per heavy atom. The highest BCUT2D eigenvalue weighted by Gasteiger charge is 2.36. The van der Waals surface area contributed by atoms with E-state index in [1.165, 1.54) is 4.90 Å². The number of hydrogen-bond donors (Lipinski definition) is 1. The van der Waals surface area contributed by atoms with Crippen molar-refractivity contribution in [1.82, 2.24) is 4.90 Å². The molecule has 2 rings (SSSR count). The molecule has 0 spiro atoms. The third-order valence-corrected chi connectivity index (χ3v) is 4.17. The van der Waals surface area contributed by atoms with Gasteiger partial charge in [-0.25, -0.2) is 4.79 Å². The summed E-state index contributed by atoms with van der Waals surface area (Å²) in [5, 5.41) is 9.87. The maximum absolute atomic E-state index is 12.4. The van der Waals surface area contributed by atoms with Crippen molar-refractivity contribution < 1.29 is 14.7 Å². The Bertz CT molecular complexity index is 518. The van der Waals surface area contributed by atoms with E-state index in [0.29, 0.717) is 11.6 Å². The zero-order valence-corrected chi connectivity index (χ0v) is 12.1. The van der Waals surface area contributed by atoms with Crippen molar-refractivity contribution in [2.75, 3.05) is 6.54 Å². The number of hydrogen-bond acceptors (Lipinski definition) is 2. The van der Waals surface area contributed by atoms with E-state index in [4.69, 9.17) is 11.6 Å². The van der Waals surface area contributed by atoms with Crippen LogP contribution in [-0.2, 0) is 16.0 Å². The van der Waals surface area contributed by atoms with Crippen molar-refractivity contribution in [1.29, 1.82) is 0 Å². The van der Waals surface area contributed by atoms with Crippen molar-refractivity contribution in [2.45, 2.75) is 32.2 Å². The van der Waals surface area contributed by atoms with E-state index in [1.807, 2.05) is 13.0 Å². The highest BCUT2D eigenvalue weighted by molar-refractivity contribution is 6.31. The van der Waals surface area contributed by atoms with Crippen LogP contribution < -0.4 is 0 Å². The number of carbonyl (C=O) groups excluding carboxylic acids is 1. The summed E-state index contributed by atoms with van der Waals surface area (Å²) in [4.78, 5) is 25.2. The van der Waals surface area contributed by atoms with E-state index >= 15 is 0 Å². The van der Waals surface area contributed by atoms with Crippen LogP contribution in [0.25, 0.3) is 0 Å². The smallest absolute Gasteiger partial charge is 0.326 e. The van der Waals surface area contributed by atoms with Crippen molar-refractivity contribution in [3.05, 3.63) is 34.9 Å². The Morgan fingerprint density at radius 1 is 1.40 bits per heavy atom. The first-order valence-corrected chi connectivity index (χ1v) is 7.14. The molecule has 1 fully saturated rings. The number of carboxylic acids is 1. The van der Waals surface area contributed by atoms with Gasteiger partial charge in [-0.2, -0.15) is 0 Å². The van der Waals surface area contributed by atoms with Gasteiger partial charge in [0.1, 0.15) is 6.04 Å². The number of rotatable bonds is 3. The summed E-state index contributed by atoms with van der Waals surface area (Å²) in [7, 11) is 0. The minimum absolute atomic E-state index is 0.0172. The van der Waals surface area contributed by atoms with Crippen molar-refractivity contribution in [2.24, 2.45) is 5.92 Å². The van der Waals surface area contributed by atoms with Crippen LogP contribution in [0.5, 0.6) is 0 Å². The molecule has 1 aliphatic heterocycles. The number of carbonyl (C=O) groups is 2. The normalized spacial score (nSPS) is 22.6. The first-order valence-electron chi connectivity index (χ1n) is 6.76. The average molecular weight is 296 g/mol. The zero-order valence-electron chi connectivity index (χ0n) is 11.4. The molecule has 1 aromatic carbocycles. The van der Waals surface area contributed by atoms with Gasteiger partial charge in [0.15, 0.2) is 0 Å². The first kappa shape index (κ1) is 14.9. The summed E-state index contributed by atoms with van der Waals surface area (Å²) in [5.41, 5.74) is 0.738. The molecule has 4 nitrogen and oxygen atoms in total. The van der Waals surface area contributed by atoms with Crippen molar-refractivity contribution in [3.8, 4) is 0 Å². The van der Waals surface area contributed by atoms with Crippen LogP contribution in [0, 0.1) is 5.92 Å². The zero-order chi connectivity index (χ0) is 14.7. The van der Waals surface area contributed by atoms with E-state index in [9.17, 15) is 14.7 Å². The minimum atomic E-state index is -0.926. The molecule has 0 bridgehead atoms.